The van der Waals surface area contributed by atoms with Crippen LogP contribution in [0.3, 0.4) is 0 Å². The summed E-state index contributed by atoms with van der Waals surface area (Å²) in [6.07, 6.45) is 0.570. The summed E-state index contributed by atoms with van der Waals surface area (Å²) < 4.78 is 18.7. The lowest BCUT2D eigenvalue weighted by Gasteiger charge is -2.27. The van der Waals surface area contributed by atoms with Crippen LogP contribution in [-0.2, 0) is 17.8 Å². The van der Waals surface area contributed by atoms with Gasteiger partial charge in [-0.3, -0.25) is 9.69 Å². The van der Waals surface area contributed by atoms with Crippen molar-refractivity contribution in [1.29, 1.82) is 0 Å². The largest absolute Gasteiger partial charge is 0.339 e. The fourth-order valence-electron chi connectivity index (χ4n) is 3.68. The Morgan fingerprint density at radius 3 is 2.81 bits per heavy atom. The van der Waals surface area contributed by atoms with Crippen LogP contribution in [0, 0.1) is 19.7 Å². The molecule has 1 saturated heterocycles. The summed E-state index contributed by atoms with van der Waals surface area (Å²) in [5.41, 5.74) is 4.39. The highest BCUT2D eigenvalue weighted by Crippen LogP contribution is 2.23. The van der Waals surface area contributed by atoms with Crippen molar-refractivity contribution in [2.24, 2.45) is 0 Å². The quantitative estimate of drug-likeness (QED) is 0.562. The second kappa shape index (κ2) is 10.3. The van der Waals surface area contributed by atoms with Crippen LogP contribution in [0.2, 0.25) is 0 Å². The fraction of sp³-hybridized carbons (Fsp3) is 0.375. The van der Waals surface area contributed by atoms with Crippen LogP contribution in [0.15, 0.2) is 40.9 Å². The van der Waals surface area contributed by atoms with E-state index < -0.39 is 0 Å². The van der Waals surface area contributed by atoms with Crippen molar-refractivity contribution in [3.05, 3.63) is 64.8 Å². The maximum Gasteiger partial charge on any atom is 0.227 e. The van der Waals surface area contributed by atoms with Gasteiger partial charge in [0, 0.05) is 55.2 Å². The van der Waals surface area contributed by atoms with E-state index >= 15 is 0 Å². The predicted octanol–water partition coefficient (Wildman–Crippen LogP) is 4.61. The van der Waals surface area contributed by atoms with Gasteiger partial charge in [0.2, 0.25) is 17.6 Å². The molecule has 0 unspecified atom stereocenters. The van der Waals surface area contributed by atoms with Crippen LogP contribution >= 0.6 is 11.8 Å². The number of thioether (sulfide) groups is 1. The Labute approximate surface area is 191 Å². The number of halogens is 1. The summed E-state index contributed by atoms with van der Waals surface area (Å²) in [6, 6.07) is 10.7. The molecule has 6 nitrogen and oxygen atoms in total. The molecule has 4 rings (SSSR count). The molecule has 1 aliphatic rings. The lowest BCUT2D eigenvalue weighted by atomic mass is 10.1. The normalized spacial score (nSPS) is 14.5. The lowest BCUT2D eigenvalue weighted by molar-refractivity contribution is -0.116. The summed E-state index contributed by atoms with van der Waals surface area (Å²) in [5, 5.41) is 6.97. The van der Waals surface area contributed by atoms with E-state index in [1.165, 1.54) is 23.1 Å². The van der Waals surface area contributed by atoms with E-state index in [1.54, 1.807) is 19.1 Å². The average molecular weight is 455 g/mol. The van der Waals surface area contributed by atoms with Crippen molar-refractivity contribution in [2.45, 2.75) is 33.2 Å². The van der Waals surface area contributed by atoms with Gasteiger partial charge in [0.15, 0.2) is 0 Å². The van der Waals surface area contributed by atoms with E-state index in [-0.39, 0.29) is 18.1 Å². The summed E-state index contributed by atoms with van der Waals surface area (Å²) in [7, 11) is 0. The minimum atomic E-state index is -0.275. The molecular weight excluding hydrogens is 427 g/mol. The van der Waals surface area contributed by atoms with Gasteiger partial charge in [0.05, 0.1) is 0 Å². The summed E-state index contributed by atoms with van der Waals surface area (Å²) in [4.78, 5) is 19.3. The van der Waals surface area contributed by atoms with Gasteiger partial charge in [0.25, 0.3) is 0 Å². The van der Waals surface area contributed by atoms with Crippen LogP contribution < -0.4 is 5.32 Å². The third-order valence-electron chi connectivity index (χ3n) is 5.67. The molecule has 168 valence electrons. The van der Waals surface area contributed by atoms with E-state index in [0.717, 1.165) is 30.9 Å². The molecule has 1 aliphatic heterocycles. The number of amides is 1. The van der Waals surface area contributed by atoms with Crippen LogP contribution in [-0.4, -0.2) is 45.5 Å². The molecule has 0 radical (unpaired) electrons. The van der Waals surface area contributed by atoms with Crippen molar-refractivity contribution < 1.29 is 13.7 Å². The highest BCUT2D eigenvalue weighted by molar-refractivity contribution is 7.99. The standard InChI is InChI=1S/C24H27FN4O2S/c1-16-14-18(6-7-20(16)25)24-27-23(31-28-24)9-8-22(30)26-21-5-3-4-19(17(21)2)15-29-10-12-32-13-11-29/h3-7,14H,8-13,15H2,1-2H3,(H,26,30). The molecule has 1 fully saturated rings. The number of nitrogens with zero attached hydrogens (tertiary/aromatic N) is 3. The molecule has 1 aromatic heterocycles. The maximum absolute atomic E-state index is 13.5. The van der Waals surface area contributed by atoms with Crippen LogP contribution in [0.25, 0.3) is 11.4 Å². The summed E-state index contributed by atoms with van der Waals surface area (Å²) in [6.45, 7) is 6.85. The molecule has 2 heterocycles. The first-order chi connectivity index (χ1) is 15.5. The molecule has 1 N–H and O–H groups in total. The van der Waals surface area contributed by atoms with E-state index in [9.17, 15) is 9.18 Å². The Balaban J connectivity index is 1.34. The van der Waals surface area contributed by atoms with Gasteiger partial charge >= 0.3 is 0 Å². The topological polar surface area (TPSA) is 71.3 Å². The molecule has 2 aromatic carbocycles. The van der Waals surface area contributed by atoms with Crippen molar-refractivity contribution in [3.63, 3.8) is 0 Å². The zero-order valence-electron chi connectivity index (χ0n) is 18.4. The SMILES string of the molecule is Cc1cc(-c2noc(CCC(=O)Nc3cccc(CN4CCSCC4)c3C)n2)ccc1F. The van der Waals surface area contributed by atoms with E-state index in [4.69, 9.17) is 4.52 Å². The molecule has 8 heteroatoms. The third kappa shape index (κ3) is 5.55. The minimum absolute atomic E-state index is 0.100. The number of benzene rings is 2. The molecule has 0 saturated carbocycles. The van der Waals surface area contributed by atoms with Crippen molar-refractivity contribution >= 4 is 23.4 Å². The lowest BCUT2D eigenvalue weighted by Crippen LogP contribution is -2.32. The van der Waals surface area contributed by atoms with Crippen molar-refractivity contribution in [2.75, 3.05) is 29.9 Å². The van der Waals surface area contributed by atoms with Gasteiger partial charge in [-0.05, 0) is 54.8 Å². The first-order valence-corrected chi connectivity index (χ1v) is 11.9. The first-order valence-electron chi connectivity index (χ1n) is 10.8. The van der Waals surface area contributed by atoms with Crippen molar-refractivity contribution in [3.8, 4) is 11.4 Å². The number of nitrogens with one attached hydrogen (secondary N) is 1. The van der Waals surface area contributed by atoms with Gasteiger partial charge in [-0.25, -0.2) is 4.39 Å². The molecular formula is C24H27FN4O2S. The Kier molecular flexibility index (Phi) is 7.22. The van der Waals surface area contributed by atoms with E-state index in [2.05, 4.69) is 33.3 Å². The first kappa shape index (κ1) is 22.5. The molecule has 0 spiro atoms. The molecule has 1 amide bonds. The average Bonchev–Trinajstić information content (AvgIpc) is 3.27. The fourth-order valence-corrected chi connectivity index (χ4v) is 4.66. The Bertz CT molecular complexity index is 1100. The van der Waals surface area contributed by atoms with Gasteiger partial charge in [0.1, 0.15) is 5.82 Å². The molecule has 0 aliphatic carbocycles. The zero-order valence-corrected chi connectivity index (χ0v) is 19.2. The number of aryl methyl sites for hydroxylation is 2. The van der Waals surface area contributed by atoms with Crippen molar-refractivity contribution in [1.82, 2.24) is 15.0 Å². The maximum atomic E-state index is 13.5. The number of aromatic nitrogens is 2. The van der Waals surface area contributed by atoms with E-state index in [0.29, 0.717) is 29.3 Å². The van der Waals surface area contributed by atoms with Crippen LogP contribution in [0.5, 0.6) is 0 Å². The van der Waals surface area contributed by atoms with Gasteiger partial charge < -0.3 is 9.84 Å². The number of anilines is 1. The molecule has 0 atom stereocenters. The zero-order chi connectivity index (χ0) is 22.5. The Morgan fingerprint density at radius 1 is 1.22 bits per heavy atom. The Morgan fingerprint density at radius 2 is 2.03 bits per heavy atom. The molecule has 32 heavy (non-hydrogen) atoms. The smallest absolute Gasteiger partial charge is 0.227 e. The number of carbonyl (C=O) groups is 1. The molecule has 3 aromatic rings. The van der Waals surface area contributed by atoms with Crippen LogP contribution in [0.1, 0.15) is 29.0 Å². The Hall–Kier alpha value is -2.71. The second-order valence-corrected chi connectivity index (χ2v) is 9.23. The molecule has 0 bridgehead atoms. The number of hydrogen-bond acceptors (Lipinski definition) is 6. The van der Waals surface area contributed by atoms with E-state index in [1.807, 2.05) is 23.9 Å². The third-order valence-corrected chi connectivity index (χ3v) is 6.61. The predicted molar refractivity (Wildman–Crippen MR) is 125 cm³/mol. The van der Waals surface area contributed by atoms with Gasteiger partial charge in [-0.2, -0.15) is 16.7 Å². The number of rotatable bonds is 7. The monoisotopic (exact) mass is 454 g/mol. The van der Waals surface area contributed by atoms with Gasteiger partial charge in [-0.1, -0.05) is 17.3 Å². The highest BCUT2D eigenvalue weighted by atomic mass is 32.2. The minimum Gasteiger partial charge on any atom is -0.339 e. The second-order valence-electron chi connectivity index (χ2n) is 8.00. The number of carbonyl (C=O) groups excluding carboxylic acids is 1. The van der Waals surface area contributed by atoms with Crippen LogP contribution in [0.4, 0.5) is 10.1 Å². The number of hydrogen-bond donors (Lipinski definition) is 1. The highest BCUT2D eigenvalue weighted by Gasteiger charge is 2.15. The summed E-state index contributed by atoms with van der Waals surface area (Å²) in [5.74, 6) is 2.75. The summed E-state index contributed by atoms with van der Waals surface area (Å²) >= 11 is 2.00. The van der Waals surface area contributed by atoms with Gasteiger partial charge in [-0.15, -0.1) is 0 Å².